The van der Waals surface area contributed by atoms with Crippen LogP contribution in [0.15, 0.2) is 30.3 Å². The first-order valence-corrected chi connectivity index (χ1v) is 13.4. The number of carbonyl (C=O) groups excluding carboxylic acids is 3. The highest BCUT2D eigenvalue weighted by molar-refractivity contribution is 5.88. The van der Waals surface area contributed by atoms with Crippen LogP contribution in [0.1, 0.15) is 84.1 Å². The Hall–Kier alpha value is -2.41. The molecule has 2 rings (SSSR count). The Morgan fingerprint density at radius 1 is 1.03 bits per heavy atom. The number of hydrogen-bond donors (Lipinski definition) is 1. The zero-order valence-electron chi connectivity index (χ0n) is 21.8. The summed E-state index contributed by atoms with van der Waals surface area (Å²) in [5.41, 5.74) is 1.12. The average Bonchev–Trinajstić information content (AvgIpc) is 3.36. The lowest BCUT2D eigenvalue weighted by atomic mass is 10.0. The number of rotatable bonds is 16. The van der Waals surface area contributed by atoms with Crippen molar-refractivity contribution in [3.63, 3.8) is 0 Å². The van der Waals surface area contributed by atoms with Gasteiger partial charge in [-0.05, 0) is 51.5 Å². The molecule has 1 aliphatic heterocycles. The average molecular weight is 489 g/mol. The van der Waals surface area contributed by atoms with E-state index in [2.05, 4.69) is 12.2 Å². The second-order valence-corrected chi connectivity index (χ2v) is 9.34. The lowest BCUT2D eigenvalue weighted by Gasteiger charge is -2.28. The molecule has 0 unspecified atom stereocenters. The topological polar surface area (TPSA) is 84.9 Å². The Balaban J connectivity index is 1.87. The number of esters is 2. The van der Waals surface area contributed by atoms with Gasteiger partial charge in [-0.25, -0.2) is 4.79 Å². The van der Waals surface area contributed by atoms with Gasteiger partial charge in [0, 0.05) is 6.54 Å². The SMILES string of the molecule is CCCCCCCCOC(=O)[C@@H]1CCCN1C(=O)[C@H](C)N[C@@H](CCc1ccccc1)C(=O)OCC. The zero-order chi connectivity index (χ0) is 25.5. The fourth-order valence-corrected chi connectivity index (χ4v) is 4.52. The van der Waals surface area contributed by atoms with Crippen molar-refractivity contribution in [1.82, 2.24) is 10.2 Å². The van der Waals surface area contributed by atoms with Crippen LogP contribution >= 0.6 is 0 Å². The second kappa shape index (κ2) is 16.3. The zero-order valence-corrected chi connectivity index (χ0v) is 21.8. The van der Waals surface area contributed by atoms with Gasteiger partial charge in [0.25, 0.3) is 0 Å². The lowest BCUT2D eigenvalue weighted by Crippen LogP contribution is -2.53. The number of nitrogens with one attached hydrogen (secondary N) is 1. The maximum absolute atomic E-state index is 13.2. The molecule has 7 nitrogen and oxygen atoms in total. The molecule has 1 amide bonds. The monoisotopic (exact) mass is 488 g/mol. The minimum absolute atomic E-state index is 0.182. The number of carbonyl (C=O) groups is 3. The molecule has 1 saturated heterocycles. The molecule has 1 heterocycles. The first-order valence-electron chi connectivity index (χ1n) is 13.4. The molecule has 1 aromatic carbocycles. The number of ether oxygens (including phenoxy) is 2. The van der Waals surface area contributed by atoms with Crippen molar-refractivity contribution in [3.05, 3.63) is 35.9 Å². The molecule has 1 N–H and O–H groups in total. The van der Waals surface area contributed by atoms with E-state index in [1.807, 2.05) is 30.3 Å². The quantitative estimate of drug-likeness (QED) is 0.274. The van der Waals surface area contributed by atoms with Gasteiger partial charge in [0.05, 0.1) is 19.3 Å². The molecule has 0 bridgehead atoms. The Morgan fingerprint density at radius 2 is 1.74 bits per heavy atom. The largest absolute Gasteiger partial charge is 0.465 e. The van der Waals surface area contributed by atoms with Gasteiger partial charge in [0.1, 0.15) is 12.1 Å². The number of likely N-dealkylation sites (tertiary alicyclic amines) is 1. The van der Waals surface area contributed by atoms with Crippen LogP contribution in [0, 0.1) is 0 Å². The summed E-state index contributed by atoms with van der Waals surface area (Å²) in [7, 11) is 0. The fraction of sp³-hybridized carbons (Fsp3) is 0.679. The Morgan fingerprint density at radius 3 is 2.46 bits per heavy atom. The molecule has 1 fully saturated rings. The third kappa shape index (κ3) is 10.0. The molecule has 0 aromatic heterocycles. The molecule has 3 atom stereocenters. The van der Waals surface area contributed by atoms with Crippen LogP contribution in [0.5, 0.6) is 0 Å². The highest BCUT2D eigenvalue weighted by Gasteiger charge is 2.38. The van der Waals surface area contributed by atoms with Gasteiger partial charge in [-0.3, -0.25) is 14.9 Å². The number of amides is 1. The van der Waals surface area contributed by atoms with E-state index in [1.165, 1.54) is 19.3 Å². The number of hydrogen-bond acceptors (Lipinski definition) is 6. The van der Waals surface area contributed by atoms with E-state index in [1.54, 1.807) is 18.7 Å². The highest BCUT2D eigenvalue weighted by atomic mass is 16.5. The smallest absolute Gasteiger partial charge is 0.328 e. The Kier molecular flexibility index (Phi) is 13.4. The summed E-state index contributed by atoms with van der Waals surface area (Å²) in [6.45, 7) is 6.91. The van der Waals surface area contributed by atoms with E-state index in [0.717, 1.165) is 31.2 Å². The second-order valence-electron chi connectivity index (χ2n) is 9.34. The van der Waals surface area contributed by atoms with Crippen LogP contribution in [-0.4, -0.2) is 60.6 Å². The molecule has 0 radical (unpaired) electrons. The van der Waals surface area contributed by atoms with Gasteiger partial charge in [-0.1, -0.05) is 69.4 Å². The predicted molar refractivity (Wildman–Crippen MR) is 137 cm³/mol. The normalized spacial score (nSPS) is 17.1. The van der Waals surface area contributed by atoms with Gasteiger partial charge in [-0.15, -0.1) is 0 Å². The summed E-state index contributed by atoms with van der Waals surface area (Å²) in [6.07, 6.45) is 9.34. The first-order chi connectivity index (χ1) is 17.0. The van der Waals surface area contributed by atoms with Gasteiger partial charge >= 0.3 is 11.9 Å². The molecule has 1 aliphatic rings. The first kappa shape index (κ1) is 28.8. The molecular weight excluding hydrogens is 444 g/mol. The minimum atomic E-state index is -0.618. The molecule has 0 aliphatic carbocycles. The van der Waals surface area contributed by atoms with Crippen molar-refractivity contribution >= 4 is 17.8 Å². The molecular formula is C28H44N2O5. The van der Waals surface area contributed by atoms with Gasteiger partial charge < -0.3 is 14.4 Å². The lowest BCUT2D eigenvalue weighted by molar-refractivity contribution is -0.154. The van der Waals surface area contributed by atoms with Crippen molar-refractivity contribution in [2.75, 3.05) is 19.8 Å². The molecule has 35 heavy (non-hydrogen) atoms. The molecule has 0 spiro atoms. The Bertz CT molecular complexity index is 770. The predicted octanol–water partition coefficient (Wildman–Crippen LogP) is 4.42. The third-order valence-electron chi connectivity index (χ3n) is 6.51. The van der Waals surface area contributed by atoms with E-state index >= 15 is 0 Å². The standard InChI is InChI=1S/C28H44N2O5/c1-4-6-7-8-9-13-21-35-28(33)25-17-14-20-30(25)26(31)22(3)29-24(27(32)34-5-2)19-18-23-15-11-10-12-16-23/h10-12,15-16,22,24-25,29H,4-9,13-14,17-21H2,1-3H3/t22-,24-,25-/m0/s1. The van der Waals surface area contributed by atoms with E-state index in [0.29, 0.717) is 32.4 Å². The van der Waals surface area contributed by atoms with E-state index < -0.39 is 18.1 Å². The summed E-state index contributed by atoms with van der Waals surface area (Å²) < 4.78 is 10.7. The van der Waals surface area contributed by atoms with Crippen molar-refractivity contribution in [3.8, 4) is 0 Å². The maximum atomic E-state index is 13.2. The van der Waals surface area contributed by atoms with Crippen molar-refractivity contribution in [1.29, 1.82) is 0 Å². The molecule has 0 saturated carbocycles. The van der Waals surface area contributed by atoms with E-state index in [9.17, 15) is 14.4 Å². The number of aryl methyl sites for hydroxylation is 1. The van der Waals surface area contributed by atoms with Gasteiger partial charge in [0.2, 0.25) is 5.91 Å². The summed E-state index contributed by atoms with van der Waals surface area (Å²) >= 11 is 0. The van der Waals surface area contributed by atoms with Crippen LogP contribution < -0.4 is 5.32 Å². The maximum Gasteiger partial charge on any atom is 0.328 e. The summed E-state index contributed by atoms with van der Waals surface area (Å²) in [4.78, 5) is 40.1. The van der Waals surface area contributed by atoms with Crippen LogP contribution in [-0.2, 0) is 30.3 Å². The van der Waals surface area contributed by atoms with Crippen LogP contribution in [0.25, 0.3) is 0 Å². The van der Waals surface area contributed by atoms with Crippen molar-refractivity contribution in [2.45, 2.75) is 103 Å². The molecule has 196 valence electrons. The van der Waals surface area contributed by atoms with Crippen molar-refractivity contribution < 1.29 is 23.9 Å². The molecule has 1 aromatic rings. The third-order valence-corrected chi connectivity index (χ3v) is 6.51. The van der Waals surface area contributed by atoms with E-state index in [4.69, 9.17) is 9.47 Å². The number of nitrogens with zero attached hydrogens (tertiary/aromatic N) is 1. The fourth-order valence-electron chi connectivity index (χ4n) is 4.52. The van der Waals surface area contributed by atoms with Crippen molar-refractivity contribution in [2.24, 2.45) is 0 Å². The van der Waals surface area contributed by atoms with Crippen LogP contribution in [0.4, 0.5) is 0 Å². The van der Waals surface area contributed by atoms with Gasteiger partial charge in [-0.2, -0.15) is 0 Å². The minimum Gasteiger partial charge on any atom is -0.465 e. The van der Waals surface area contributed by atoms with Crippen LogP contribution in [0.3, 0.4) is 0 Å². The van der Waals surface area contributed by atoms with Crippen LogP contribution in [0.2, 0.25) is 0 Å². The Labute approximate surface area is 210 Å². The van der Waals surface area contributed by atoms with E-state index in [-0.39, 0.29) is 24.5 Å². The summed E-state index contributed by atoms with van der Waals surface area (Å²) in [5, 5.41) is 3.17. The number of unbranched alkanes of at least 4 members (excludes halogenated alkanes) is 5. The summed E-state index contributed by atoms with van der Waals surface area (Å²) in [6, 6.07) is 8.15. The highest BCUT2D eigenvalue weighted by Crippen LogP contribution is 2.20. The van der Waals surface area contributed by atoms with Gasteiger partial charge in [0.15, 0.2) is 0 Å². The molecule has 7 heteroatoms. The number of benzene rings is 1. The summed E-state index contributed by atoms with van der Waals surface area (Å²) in [5.74, 6) is -0.861.